The van der Waals surface area contributed by atoms with Crippen LogP contribution < -0.4 is 0 Å². The largest absolute Gasteiger partial charge is 0.462 e. The van der Waals surface area contributed by atoms with Crippen LogP contribution in [0.5, 0.6) is 0 Å². The van der Waals surface area contributed by atoms with Gasteiger partial charge in [-0.1, -0.05) is 245 Å². The molecule has 0 spiro atoms. The predicted molar refractivity (Wildman–Crippen MR) is 316 cm³/mol. The van der Waals surface area contributed by atoms with E-state index in [-0.39, 0.29) is 31.6 Å². The van der Waals surface area contributed by atoms with E-state index < -0.39 is 12.1 Å². The number of carbonyl (C=O) groups excluding carboxylic acids is 3. The number of unbranched alkanes of at least 4 members (excludes halogenated alkanes) is 22. The third-order valence-electron chi connectivity index (χ3n) is 12.4. The molecule has 0 aliphatic heterocycles. The molecule has 0 N–H and O–H groups in total. The maximum atomic E-state index is 12.9. The van der Waals surface area contributed by atoms with E-state index in [1.807, 2.05) is 6.08 Å². The highest BCUT2D eigenvalue weighted by atomic mass is 16.6. The van der Waals surface area contributed by atoms with Gasteiger partial charge in [-0.2, -0.15) is 0 Å². The molecular formula is C67H110O6. The molecule has 0 saturated heterocycles. The van der Waals surface area contributed by atoms with Crippen LogP contribution in [0.3, 0.4) is 0 Å². The second-order valence-electron chi connectivity index (χ2n) is 19.5. The molecule has 0 aromatic carbocycles. The standard InChI is InChI=1S/C67H110O6/c1-4-7-10-13-16-19-22-25-28-31-33-36-39-42-45-48-51-54-57-60-66(69)72-63-64(62-71-65(68)59-56-53-50-47-44-41-38-35-30-27-24-21-18-15-12-9-6-3)73-67(70)61-58-55-52-49-46-43-40-37-34-32-29-26-23-20-17-14-11-8-5-2/h8,11,16-21,25-30,34,37,43,46,52,55,64H,4-7,9-10,12-15,22-24,31-33,35-36,38-42,44-45,47-51,53-54,56-63H2,1-3H3/b11-8-,19-16-,20-17-,21-18-,28-25-,29-26-,30-27-,37-34-,46-43-,55-52-/t64-/m0/s1. The van der Waals surface area contributed by atoms with Crippen molar-refractivity contribution >= 4 is 17.9 Å². The third-order valence-corrected chi connectivity index (χ3v) is 12.4. The molecule has 414 valence electrons. The lowest BCUT2D eigenvalue weighted by Crippen LogP contribution is -2.30. The van der Waals surface area contributed by atoms with Crippen molar-refractivity contribution < 1.29 is 28.6 Å². The Bertz CT molecular complexity index is 1540. The van der Waals surface area contributed by atoms with Crippen LogP contribution in [0.4, 0.5) is 0 Å². The topological polar surface area (TPSA) is 78.9 Å². The lowest BCUT2D eigenvalue weighted by Gasteiger charge is -2.18. The summed E-state index contributed by atoms with van der Waals surface area (Å²) in [7, 11) is 0. The van der Waals surface area contributed by atoms with Gasteiger partial charge in [0.05, 0.1) is 0 Å². The maximum absolute atomic E-state index is 12.9. The monoisotopic (exact) mass is 1010 g/mol. The van der Waals surface area contributed by atoms with Crippen molar-refractivity contribution in [2.24, 2.45) is 0 Å². The van der Waals surface area contributed by atoms with Crippen LogP contribution in [0, 0.1) is 0 Å². The number of hydrogen-bond acceptors (Lipinski definition) is 6. The van der Waals surface area contributed by atoms with Crippen LogP contribution in [-0.4, -0.2) is 37.2 Å². The Morgan fingerprint density at radius 3 is 0.890 bits per heavy atom. The summed E-state index contributed by atoms with van der Waals surface area (Å²) < 4.78 is 16.8. The fourth-order valence-electron chi connectivity index (χ4n) is 7.94. The Kier molecular flexibility index (Phi) is 56.9. The Morgan fingerprint density at radius 2 is 0.562 bits per heavy atom. The number of ether oxygens (including phenoxy) is 3. The van der Waals surface area contributed by atoms with Crippen LogP contribution >= 0.6 is 0 Å². The highest BCUT2D eigenvalue weighted by molar-refractivity contribution is 5.71. The van der Waals surface area contributed by atoms with Gasteiger partial charge in [-0.15, -0.1) is 0 Å². The fourth-order valence-corrected chi connectivity index (χ4v) is 7.94. The Labute approximate surface area is 450 Å². The van der Waals surface area contributed by atoms with Crippen LogP contribution in [-0.2, 0) is 28.6 Å². The molecule has 0 aliphatic carbocycles. The van der Waals surface area contributed by atoms with Crippen molar-refractivity contribution in [2.75, 3.05) is 13.2 Å². The Morgan fingerprint density at radius 1 is 0.288 bits per heavy atom. The van der Waals surface area contributed by atoms with E-state index in [9.17, 15) is 14.4 Å². The lowest BCUT2D eigenvalue weighted by atomic mass is 10.1. The molecule has 0 unspecified atom stereocenters. The van der Waals surface area contributed by atoms with Crippen LogP contribution in [0.15, 0.2) is 122 Å². The van der Waals surface area contributed by atoms with Gasteiger partial charge in [0, 0.05) is 19.3 Å². The molecular weight excluding hydrogens is 901 g/mol. The SMILES string of the molecule is CC/C=C\C/C=C\C/C=C\C/C=C\C/C=C\C/C=C\CCC(=O)O[C@@H](COC(=O)CCCCCCCCC/C=C\C/C=C\CCCCC)COC(=O)CCCCCCCCCCC/C=C\C/C=C\CCCCC. The number of hydrogen-bond donors (Lipinski definition) is 0. The Hall–Kier alpha value is -4.19. The first-order valence-corrected chi connectivity index (χ1v) is 30.0. The molecule has 6 heteroatoms. The molecule has 0 radical (unpaired) electrons. The van der Waals surface area contributed by atoms with E-state index in [0.717, 1.165) is 96.3 Å². The van der Waals surface area contributed by atoms with Gasteiger partial charge in [-0.05, 0) is 122 Å². The lowest BCUT2D eigenvalue weighted by molar-refractivity contribution is -0.166. The van der Waals surface area contributed by atoms with Gasteiger partial charge in [0.2, 0.25) is 0 Å². The summed E-state index contributed by atoms with van der Waals surface area (Å²) in [5.74, 6) is -1.01. The van der Waals surface area contributed by atoms with Gasteiger partial charge < -0.3 is 14.2 Å². The van der Waals surface area contributed by atoms with Gasteiger partial charge in [0.25, 0.3) is 0 Å². The van der Waals surface area contributed by atoms with E-state index in [2.05, 4.69) is 136 Å². The minimum Gasteiger partial charge on any atom is -0.462 e. The zero-order valence-corrected chi connectivity index (χ0v) is 47.4. The predicted octanol–water partition coefficient (Wildman–Crippen LogP) is 20.4. The summed E-state index contributed by atoms with van der Waals surface area (Å²) in [5.41, 5.74) is 0. The number of carbonyl (C=O) groups is 3. The van der Waals surface area contributed by atoms with Crippen molar-refractivity contribution in [1.82, 2.24) is 0 Å². The summed E-state index contributed by atoms with van der Waals surface area (Å²) in [6.45, 7) is 6.41. The molecule has 6 nitrogen and oxygen atoms in total. The van der Waals surface area contributed by atoms with Gasteiger partial charge in [-0.25, -0.2) is 0 Å². The molecule has 0 saturated carbocycles. The number of allylic oxidation sites excluding steroid dienone is 20. The van der Waals surface area contributed by atoms with Gasteiger partial charge in [-0.3, -0.25) is 14.4 Å². The fraction of sp³-hybridized carbons (Fsp3) is 0.657. The molecule has 0 aliphatic rings. The normalized spacial score (nSPS) is 13.0. The highest BCUT2D eigenvalue weighted by Gasteiger charge is 2.19. The molecule has 0 aromatic rings. The second-order valence-corrected chi connectivity index (χ2v) is 19.5. The van der Waals surface area contributed by atoms with E-state index >= 15 is 0 Å². The van der Waals surface area contributed by atoms with Gasteiger partial charge in [0.15, 0.2) is 6.10 Å². The van der Waals surface area contributed by atoms with Crippen molar-refractivity contribution in [3.05, 3.63) is 122 Å². The minimum atomic E-state index is -0.828. The number of rotatable bonds is 53. The van der Waals surface area contributed by atoms with Crippen molar-refractivity contribution in [3.8, 4) is 0 Å². The second kappa shape index (κ2) is 60.4. The van der Waals surface area contributed by atoms with Gasteiger partial charge >= 0.3 is 17.9 Å². The van der Waals surface area contributed by atoms with E-state index in [0.29, 0.717) is 19.3 Å². The van der Waals surface area contributed by atoms with Crippen molar-refractivity contribution in [3.63, 3.8) is 0 Å². The van der Waals surface area contributed by atoms with Crippen LogP contribution in [0.1, 0.15) is 265 Å². The zero-order chi connectivity index (χ0) is 52.9. The zero-order valence-electron chi connectivity index (χ0n) is 47.4. The first-order valence-electron chi connectivity index (χ1n) is 30.0. The molecule has 73 heavy (non-hydrogen) atoms. The maximum Gasteiger partial charge on any atom is 0.306 e. The van der Waals surface area contributed by atoms with Crippen molar-refractivity contribution in [1.29, 1.82) is 0 Å². The molecule has 0 heterocycles. The molecule has 0 rings (SSSR count). The summed E-state index contributed by atoms with van der Waals surface area (Å²) in [5, 5.41) is 0. The van der Waals surface area contributed by atoms with Crippen molar-refractivity contribution in [2.45, 2.75) is 271 Å². The van der Waals surface area contributed by atoms with Crippen LogP contribution in [0.2, 0.25) is 0 Å². The molecule has 1 atom stereocenters. The average molecular weight is 1010 g/mol. The summed E-state index contributed by atoms with van der Waals surface area (Å²) >= 11 is 0. The first-order chi connectivity index (χ1) is 36.0. The number of esters is 3. The average Bonchev–Trinajstić information content (AvgIpc) is 3.39. The summed E-state index contributed by atoms with van der Waals surface area (Å²) in [6.07, 6.45) is 83.4. The van der Waals surface area contributed by atoms with E-state index in [1.165, 1.54) is 122 Å². The molecule has 0 amide bonds. The first kappa shape index (κ1) is 68.8. The molecule has 0 bridgehead atoms. The highest BCUT2D eigenvalue weighted by Crippen LogP contribution is 2.14. The molecule has 0 fully saturated rings. The van der Waals surface area contributed by atoms with Crippen LogP contribution in [0.25, 0.3) is 0 Å². The Balaban J connectivity index is 4.53. The van der Waals surface area contributed by atoms with E-state index in [4.69, 9.17) is 14.2 Å². The third kappa shape index (κ3) is 58.6. The van der Waals surface area contributed by atoms with E-state index in [1.54, 1.807) is 0 Å². The van der Waals surface area contributed by atoms with Gasteiger partial charge in [0.1, 0.15) is 13.2 Å². The minimum absolute atomic E-state index is 0.115. The smallest absolute Gasteiger partial charge is 0.306 e. The summed E-state index contributed by atoms with van der Waals surface area (Å²) in [4.78, 5) is 38.2. The summed E-state index contributed by atoms with van der Waals surface area (Å²) in [6, 6.07) is 0. The quantitative estimate of drug-likeness (QED) is 0.0261. The molecule has 0 aromatic heterocycles.